The molecule has 0 bridgehead atoms. The van der Waals surface area contributed by atoms with Crippen LogP contribution < -0.4 is 10.3 Å². The van der Waals surface area contributed by atoms with Crippen molar-refractivity contribution in [2.24, 2.45) is 0 Å². The molecule has 0 saturated carbocycles. The van der Waals surface area contributed by atoms with Crippen LogP contribution in [0.25, 0.3) is 10.9 Å². The highest BCUT2D eigenvalue weighted by Gasteiger charge is 2.15. The molecule has 0 aliphatic rings. The lowest BCUT2D eigenvalue weighted by atomic mass is 10.1. The Morgan fingerprint density at radius 1 is 1.19 bits per heavy atom. The van der Waals surface area contributed by atoms with Crippen LogP contribution in [0.1, 0.15) is 24.2 Å². The van der Waals surface area contributed by atoms with Crippen molar-refractivity contribution in [3.63, 3.8) is 0 Å². The minimum Gasteiger partial charge on any atom is -0.495 e. The minimum absolute atomic E-state index is 0.0832. The number of Topliss-reactive ketones (excluding diaryl/α,β-unsaturated/α-hetero) is 1. The van der Waals surface area contributed by atoms with Gasteiger partial charge in [-0.15, -0.1) is 0 Å². The summed E-state index contributed by atoms with van der Waals surface area (Å²) in [4.78, 5) is 32.8. The van der Waals surface area contributed by atoms with Gasteiger partial charge in [0.1, 0.15) is 5.75 Å². The van der Waals surface area contributed by atoms with Crippen LogP contribution in [0.5, 0.6) is 5.75 Å². The second kappa shape index (κ2) is 10.8. The third-order valence-corrected chi connectivity index (χ3v) is 6.44. The van der Waals surface area contributed by atoms with Gasteiger partial charge in [-0.2, -0.15) is 0 Å². The Kier molecular flexibility index (Phi) is 8.12. The first kappa shape index (κ1) is 23.3. The molecule has 0 N–H and O–H groups in total. The number of aromatic nitrogens is 2. The van der Waals surface area contributed by atoms with Gasteiger partial charge in [0.15, 0.2) is 10.9 Å². The largest absolute Gasteiger partial charge is 0.495 e. The lowest BCUT2D eigenvalue weighted by Gasteiger charge is -2.20. The smallest absolute Gasteiger partial charge is 0.262 e. The summed E-state index contributed by atoms with van der Waals surface area (Å²) >= 11 is 7.43. The van der Waals surface area contributed by atoms with Crippen molar-refractivity contribution in [3.05, 3.63) is 63.4 Å². The van der Waals surface area contributed by atoms with Crippen molar-refractivity contribution >= 4 is 40.0 Å². The number of ether oxygens (including phenoxy) is 1. The molecule has 164 valence electrons. The Labute approximate surface area is 191 Å². The van der Waals surface area contributed by atoms with Crippen LogP contribution in [-0.2, 0) is 6.54 Å². The third kappa shape index (κ3) is 5.47. The molecule has 8 heteroatoms. The zero-order valence-electron chi connectivity index (χ0n) is 17.9. The number of likely N-dealkylation sites (N-methyl/N-ethyl adjacent to an activating group) is 1. The maximum absolute atomic E-state index is 13.1. The first-order valence-corrected chi connectivity index (χ1v) is 11.6. The van der Waals surface area contributed by atoms with Crippen LogP contribution in [0.2, 0.25) is 5.02 Å². The highest BCUT2D eigenvalue weighted by Crippen LogP contribution is 2.26. The summed E-state index contributed by atoms with van der Waals surface area (Å²) in [5.74, 6) is 0.582. The highest BCUT2D eigenvalue weighted by atomic mass is 35.5. The van der Waals surface area contributed by atoms with Crippen molar-refractivity contribution in [3.8, 4) is 5.75 Å². The number of carbonyl (C=O) groups is 1. The summed E-state index contributed by atoms with van der Waals surface area (Å²) in [6, 6.07) is 12.3. The molecule has 2 aromatic carbocycles. The average Bonchev–Trinajstić information content (AvgIpc) is 2.79. The van der Waals surface area contributed by atoms with E-state index in [0.717, 1.165) is 19.6 Å². The standard InChI is InChI=1S/C23H26ClN3O3S/c1-4-26(5-2)12-13-27-22(29)17-8-6-7-9-19(17)25-23(27)31-15-20(28)16-10-11-21(30-3)18(24)14-16/h6-11,14H,4-5,12-13,15H2,1-3H3. The second-order valence-corrected chi connectivity index (χ2v) is 8.31. The Morgan fingerprint density at radius 3 is 2.61 bits per heavy atom. The van der Waals surface area contributed by atoms with Crippen molar-refractivity contribution in [1.29, 1.82) is 0 Å². The summed E-state index contributed by atoms with van der Waals surface area (Å²) in [6.45, 7) is 7.26. The normalized spacial score (nSPS) is 11.3. The van der Waals surface area contributed by atoms with Crippen LogP contribution in [0.15, 0.2) is 52.4 Å². The van der Waals surface area contributed by atoms with Gasteiger partial charge < -0.3 is 9.64 Å². The minimum atomic E-state index is -0.0905. The van der Waals surface area contributed by atoms with E-state index < -0.39 is 0 Å². The molecule has 0 atom stereocenters. The van der Waals surface area contributed by atoms with E-state index in [9.17, 15) is 9.59 Å². The molecule has 6 nitrogen and oxygen atoms in total. The number of hydrogen-bond donors (Lipinski definition) is 0. The van der Waals surface area contributed by atoms with Crippen molar-refractivity contribution in [1.82, 2.24) is 14.5 Å². The monoisotopic (exact) mass is 459 g/mol. The van der Waals surface area contributed by atoms with E-state index in [0.29, 0.717) is 38.9 Å². The van der Waals surface area contributed by atoms with E-state index in [1.807, 2.05) is 18.2 Å². The Morgan fingerprint density at radius 2 is 1.94 bits per heavy atom. The molecular formula is C23H26ClN3O3S. The number of carbonyl (C=O) groups excluding carboxylic acids is 1. The van der Waals surface area contributed by atoms with Crippen LogP contribution in [-0.4, -0.2) is 52.7 Å². The van der Waals surface area contributed by atoms with Crippen LogP contribution in [0, 0.1) is 0 Å². The zero-order valence-corrected chi connectivity index (χ0v) is 19.5. The first-order chi connectivity index (χ1) is 15.0. The molecule has 31 heavy (non-hydrogen) atoms. The summed E-state index contributed by atoms with van der Waals surface area (Å²) in [5, 5.41) is 1.52. The molecule has 1 aromatic heterocycles. The summed E-state index contributed by atoms with van der Waals surface area (Å²) in [5.41, 5.74) is 1.05. The van der Waals surface area contributed by atoms with Crippen LogP contribution in [0.4, 0.5) is 0 Å². The van der Waals surface area contributed by atoms with Gasteiger partial charge in [0.05, 0.1) is 28.8 Å². The maximum Gasteiger partial charge on any atom is 0.262 e. The molecule has 0 aliphatic carbocycles. The predicted molar refractivity (Wildman–Crippen MR) is 127 cm³/mol. The SMILES string of the molecule is CCN(CC)CCn1c(SCC(=O)c2ccc(OC)c(Cl)c2)nc2ccccc2c1=O. The van der Waals surface area contributed by atoms with Gasteiger partial charge in [-0.25, -0.2) is 4.98 Å². The second-order valence-electron chi connectivity index (χ2n) is 6.96. The molecule has 0 radical (unpaired) electrons. The first-order valence-electron chi connectivity index (χ1n) is 10.2. The van der Waals surface area contributed by atoms with E-state index >= 15 is 0 Å². The van der Waals surface area contributed by atoms with Gasteiger partial charge in [-0.3, -0.25) is 14.2 Å². The number of hydrogen-bond acceptors (Lipinski definition) is 6. The average molecular weight is 460 g/mol. The molecular weight excluding hydrogens is 434 g/mol. The molecule has 3 aromatic rings. The molecule has 0 fully saturated rings. The van der Waals surface area contributed by atoms with Gasteiger partial charge in [0, 0.05) is 18.7 Å². The fourth-order valence-corrected chi connectivity index (χ4v) is 4.47. The number of rotatable bonds is 10. The van der Waals surface area contributed by atoms with E-state index in [4.69, 9.17) is 16.3 Å². The van der Waals surface area contributed by atoms with Crippen molar-refractivity contribution in [2.75, 3.05) is 32.5 Å². The van der Waals surface area contributed by atoms with Crippen molar-refractivity contribution < 1.29 is 9.53 Å². The fourth-order valence-electron chi connectivity index (χ4n) is 3.29. The van der Waals surface area contributed by atoms with Crippen molar-refractivity contribution in [2.45, 2.75) is 25.5 Å². The lowest BCUT2D eigenvalue weighted by Crippen LogP contribution is -2.32. The van der Waals surface area contributed by atoms with E-state index in [1.54, 1.807) is 28.8 Å². The Bertz CT molecular complexity index is 1130. The molecule has 0 aliphatic heterocycles. The number of fused-ring (bicyclic) bond motifs is 1. The number of thioether (sulfide) groups is 1. The topological polar surface area (TPSA) is 64.4 Å². The molecule has 0 amide bonds. The van der Waals surface area contributed by atoms with E-state index in [2.05, 4.69) is 23.7 Å². The zero-order chi connectivity index (χ0) is 22.4. The number of para-hydroxylation sites is 1. The Balaban J connectivity index is 1.87. The number of methoxy groups -OCH3 is 1. The van der Waals surface area contributed by atoms with Gasteiger partial charge in [-0.05, 0) is 43.4 Å². The third-order valence-electron chi connectivity index (χ3n) is 5.17. The van der Waals surface area contributed by atoms with Crippen LogP contribution >= 0.6 is 23.4 Å². The summed E-state index contributed by atoms with van der Waals surface area (Å²) in [6.07, 6.45) is 0. The van der Waals surface area contributed by atoms with Gasteiger partial charge in [-0.1, -0.05) is 49.3 Å². The van der Waals surface area contributed by atoms with E-state index in [1.165, 1.54) is 18.9 Å². The highest BCUT2D eigenvalue weighted by molar-refractivity contribution is 7.99. The quantitative estimate of drug-likeness (QED) is 0.255. The maximum atomic E-state index is 13.1. The Hall–Kier alpha value is -2.35. The van der Waals surface area contributed by atoms with Gasteiger partial charge >= 0.3 is 0 Å². The number of nitrogens with zero attached hydrogens (tertiary/aromatic N) is 3. The molecule has 1 heterocycles. The van der Waals surface area contributed by atoms with E-state index in [-0.39, 0.29) is 17.1 Å². The molecule has 0 saturated heterocycles. The molecule has 0 unspecified atom stereocenters. The summed E-state index contributed by atoms with van der Waals surface area (Å²) in [7, 11) is 1.53. The number of halogens is 1. The summed E-state index contributed by atoms with van der Waals surface area (Å²) < 4.78 is 6.82. The van der Waals surface area contributed by atoms with Gasteiger partial charge in [0.25, 0.3) is 5.56 Å². The lowest BCUT2D eigenvalue weighted by molar-refractivity contribution is 0.102. The van der Waals surface area contributed by atoms with Gasteiger partial charge in [0.2, 0.25) is 0 Å². The number of ketones is 1. The number of benzene rings is 2. The van der Waals surface area contributed by atoms with Crippen LogP contribution in [0.3, 0.4) is 0 Å². The fraction of sp³-hybridized carbons (Fsp3) is 0.348. The molecule has 0 spiro atoms. The predicted octanol–water partition coefficient (Wildman–Crippen LogP) is 4.38. The molecule has 3 rings (SSSR count).